The number of hydrogen-bond donors (Lipinski definition) is 1. The number of amides is 1. The van der Waals surface area contributed by atoms with Crippen LogP contribution in [0, 0.1) is 0 Å². The van der Waals surface area contributed by atoms with Gasteiger partial charge in [-0.2, -0.15) is 0 Å². The smallest absolute Gasteiger partial charge is 0.254 e. The Balaban J connectivity index is 1.62. The molecule has 0 aliphatic rings. The highest BCUT2D eigenvalue weighted by Crippen LogP contribution is 2.23. The van der Waals surface area contributed by atoms with Crippen molar-refractivity contribution in [3.05, 3.63) is 144 Å². The van der Waals surface area contributed by atoms with E-state index in [0.717, 1.165) is 22.3 Å². The number of nitrogens with zero attached hydrogens (tertiary/aromatic N) is 1. The normalized spacial score (nSPS) is 14.0. The van der Waals surface area contributed by atoms with Crippen LogP contribution in [-0.4, -0.2) is 61.0 Å². The Morgan fingerprint density at radius 3 is 1.37 bits per heavy atom. The largest absolute Gasteiger partial charge is 0.388 e. The average Bonchev–Trinajstić information content (AvgIpc) is 3.05. The van der Waals surface area contributed by atoms with Gasteiger partial charge in [0, 0.05) is 14.1 Å². The van der Waals surface area contributed by atoms with Gasteiger partial charge in [-0.15, -0.1) is 0 Å². The standard InChI is InChI=1S/C36H41NO6/c1-37(2)36(39)35(43-26-31-21-13-6-14-22-31)34(42-25-30-19-11-5-12-20-30)33(41-24-29-17-9-4-10-18-29)32(38)27-40-23-28-15-7-3-8-16-28/h3-22,32-35,38H,23-27H2,1-2H3/t32-,33-,34+,35+/m0/s1. The first-order valence-electron chi connectivity index (χ1n) is 14.5. The number of aliphatic hydroxyl groups is 1. The van der Waals surface area contributed by atoms with Crippen LogP contribution in [0.15, 0.2) is 121 Å². The highest BCUT2D eigenvalue weighted by molar-refractivity contribution is 5.81. The summed E-state index contributed by atoms with van der Waals surface area (Å²) in [5, 5.41) is 11.6. The molecule has 0 aromatic heterocycles. The molecule has 0 heterocycles. The van der Waals surface area contributed by atoms with Crippen molar-refractivity contribution in [2.75, 3.05) is 20.7 Å². The first-order valence-corrected chi connectivity index (χ1v) is 14.5. The van der Waals surface area contributed by atoms with Crippen molar-refractivity contribution in [3.63, 3.8) is 0 Å². The maximum atomic E-state index is 13.7. The number of hydrogen-bond acceptors (Lipinski definition) is 6. The molecule has 0 spiro atoms. The topological polar surface area (TPSA) is 77.5 Å². The summed E-state index contributed by atoms with van der Waals surface area (Å²) in [5.74, 6) is -0.292. The Kier molecular flexibility index (Phi) is 12.9. The Bertz CT molecular complexity index is 1320. The van der Waals surface area contributed by atoms with Gasteiger partial charge in [0.05, 0.1) is 33.0 Å². The van der Waals surface area contributed by atoms with Crippen LogP contribution in [0.2, 0.25) is 0 Å². The van der Waals surface area contributed by atoms with Crippen molar-refractivity contribution in [1.82, 2.24) is 4.90 Å². The fraction of sp³-hybridized carbons (Fsp3) is 0.306. The predicted molar refractivity (Wildman–Crippen MR) is 166 cm³/mol. The number of likely N-dealkylation sites (N-methyl/N-ethyl adjacent to an activating group) is 1. The highest BCUT2D eigenvalue weighted by atomic mass is 16.6. The van der Waals surface area contributed by atoms with Crippen molar-refractivity contribution in [2.24, 2.45) is 0 Å². The van der Waals surface area contributed by atoms with Crippen molar-refractivity contribution < 1.29 is 28.8 Å². The zero-order valence-corrected chi connectivity index (χ0v) is 24.8. The van der Waals surface area contributed by atoms with E-state index in [4.69, 9.17) is 18.9 Å². The second-order valence-electron chi connectivity index (χ2n) is 10.5. The summed E-state index contributed by atoms with van der Waals surface area (Å²) in [6.45, 7) is 0.876. The molecular weight excluding hydrogens is 542 g/mol. The fourth-order valence-corrected chi connectivity index (χ4v) is 4.60. The van der Waals surface area contributed by atoms with Crippen LogP contribution in [0.3, 0.4) is 0 Å². The summed E-state index contributed by atoms with van der Waals surface area (Å²) in [6, 6.07) is 38.8. The van der Waals surface area contributed by atoms with Gasteiger partial charge >= 0.3 is 0 Å². The number of ether oxygens (including phenoxy) is 4. The van der Waals surface area contributed by atoms with Gasteiger partial charge in [0.25, 0.3) is 5.91 Å². The molecule has 0 bridgehead atoms. The van der Waals surface area contributed by atoms with Gasteiger partial charge in [0.2, 0.25) is 0 Å². The molecule has 7 nitrogen and oxygen atoms in total. The molecule has 0 aliphatic heterocycles. The molecule has 1 N–H and O–H groups in total. The second-order valence-corrected chi connectivity index (χ2v) is 10.5. The van der Waals surface area contributed by atoms with Crippen LogP contribution in [0.5, 0.6) is 0 Å². The van der Waals surface area contributed by atoms with E-state index in [-0.39, 0.29) is 32.3 Å². The zero-order valence-electron chi connectivity index (χ0n) is 24.8. The average molecular weight is 584 g/mol. The molecule has 0 saturated carbocycles. The van der Waals surface area contributed by atoms with Crippen LogP contribution in [0.4, 0.5) is 0 Å². The fourth-order valence-electron chi connectivity index (χ4n) is 4.60. The van der Waals surface area contributed by atoms with E-state index in [1.54, 1.807) is 14.1 Å². The Labute approximate surface area is 254 Å². The maximum Gasteiger partial charge on any atom is 0.254 e. The SMILES string of the molecule is CN(C)C(=O)[C@H](OCc1ccccc1)[C@H](OCc1ccccc1)[C@@H](OCc1ccccc1)[C@@H](O)COCc1ccccc1. The van der Waals surface area contributed by atoms with Crippen molar-refractivity contribution in [1.29, 1.82) is 0 Å². The van der Waals surface area contributed by atoms with Gasteiger partial charge in [0.1, 0.15) is 18.3 Å². The lowest BCUT2D eigenvalue weighted by atomic mass is 10.0. The third-order valence-corrected chi connectivity index (χ3v) is 6.93. The van der Waals surface area contributed by atoms with Crippen molar-refractivity contribution in [2.45, 2.75) is 50.8 Å². The lowest BCUT2D eigenvalue weighted by molar-refractivity contribution is -0.195. The number of carbonyl (C=O) groups excluding carboxylic acids is 1. The summed E-state index contributed by atoms with van der Waals surface area (Å²) in [4.78, 5) is 15.1. The lowest BCUT2D eigenvalue weighted by Crippen LogP contribution is -2.54. The molecule has 0 fully saturated rings. The summed E-state index contributed by atoms with van der Waals surface area (Å²) >= 11 is 0. The molecule has 4 aromatic rings. The summed E-state index contributed by atoms with van der Waals surface area (Å²) in [7, 11) is 3.35. The minimum Gasteiger partial charge on any atom is -0.388 e. The maximum absolute atomic E-state index is 13.7. The number of aliphatic hydroxyl groups excluding tert-OH is 1. The first-order chi connectivity index (χ1) is 21.0. The predicted octanol–water partition coefficient (Wildman–Crippen LogP) is 5.41. The quantitative estimate of drug-likeness (QED) is 0.179. The van der Waals surface area contributed by atoms with Crippen LogP contribution >= 0.6 is 0 Å². The first kappa shape index (κ1) is 32.1. The van der Waals surface area contributed by atoms with Crippen LogP contribution in [-0.2, 0) is 50.2 Å². The number of benzene rings is 4. The molecule has 4 atom stereocenters. The zero-order chi connectivity index (χ0) is 30.3. The van der Waals surface area contributed by atoms with Gasteiger partial charge in [-0.25, -0.2) is 0 Å². The summed E-state index contributed by atoms with van der Waals surface area (Å²) < 4.78 is 25.1. The van der Waals surface area contributed by atoms with E-state index >= 15 is 0 Å². The minimum absolute atomic E-state index is 0.0267. The molecule has 0 aliphatic carbocycles. The minimum atomic E-state index is -1.12. The third-order valence-electron chi connectivity index (χ3n) is 6.93. The number of carbonyl (C=O) groups is 1. The van der Waals surface area contributed by atoms with Gasteiger partial charge in [-0.3, -0.25) is 4.79 Å². The van der Waals surface area contributed by atoms with E-state index in [1.807, 2.05) is 121 Å². The van der Waals surface area contributed by atoms with E-state index in [9.17, 15) is 9.90 Å². The Morgan fingerprint density at radius 1 is 0.581 bits per heavy atom. The lowest BCUT2D eigenvalue weighted by Gasteiger charge is -2.36. The van der Waals surface area contributed by atoms with Gasteiger partial charge < -0.3 is 29.0 Å². The molecule has 0 saturated heterocycles. The molecule has 4 aromatic carbocycles. The van der Waals surface area contributed by atoms with Crippen molar-refractivity contribution >= 4 is 5.91 Å². The molecule has 43 heavy (non-hydrogen) atoms. The van der Waals surface area contributed by atoms with E-state index in [1.165, 1.54) is 4.90 Å². The molecule has 4 rings (SSSR count). The third kappa shape index (κ3) is 10.4. The Hall–Kier alpha value is -3.85. The van der Waals surface area contributed by atoms with Crippen LogP contribution in [0.25, 0.3) is 0 Å². The van der Waals surface area contributed by atoms with E-state index in [0.29, 0.717) is 6.61 Å². The van der Waals surface area contributed by atoms with Crippen LogP contribution in [0.1, 0.15) is 22.3 Å². The molecule has 226 valence electrons. The Morgan fingerprint density at radius 2 is 0.953 bits per heavy atom. The monoisotopic (exact) mass is 583 g/mol. The number of rotatable bonds is 17. The molecular formula is C36H41NO6. The summed E-state index contributed by atoms with van der Waals surface area (Å²) in [5.41, 5.74) is 3.74. The van der Waals surface area contributed by atoms with Gasteiger partial charge in [0.15, 0.2) is 6.10 Å². The molecule has 0 radical (unpaired) electrons. The second kappa shape index (κ2) is 17.3. The van der Waals surface area contributed by atoms with Crippen molar-refractivity contribution in [3.8, 4) is 0 Å². The highest BCUT2D eigenvalue weighted by Gasteiger charge is 2.41. The molecule has 0 unspecified atom stereocenters. The molecule has 7 heteroatoms. The van der Waals surface area contributed by atoms with Gasteiger partial charge in [-0.05, 0) is 22.3 Å². The van der Waals surface area contributed by atoms with Crippen LogP contribution < -0.4 is 0 Å². The summed E-state index contributed by atoms with van der Waals surface area (Å²) in [6.07, 6.45) is -4.10. The van der Waals surface area contributed by atoms with E-state index in [2.05, 4.69) is 0 Å². The van der Waals surface area contributed by atoms with Gasteiger partial charge in [-0.1, -0.05) is 121 Å². The van der Waals surface area contributed by atoms with E-state index < -0.39 is 24.4 Å². The molecule has 1 amide bonds.